The number of nitrogens with one attached hydrogen (secondary N) is 1. The summed E-state index contributed by atoms with van der Waals surface area (Å²) in [5.74, 6) is -0.0666. The van der Waals surface area contributed by atoms with Crippen LogP contribution in [0.25, 0.3) is 0 Å². The average molecular weight is 354 g/mol. The molecule has 1 atom stereocenters. The molecule has 1 heterocycles. The van der Waals surface area contributed by atoms with Crippen LogP contribution >= 0.6 is 0 Å². The van der Waals surface area contributed by atoms with E-state index >= 15 is 0 Å². The molecule has 0 fully saturated rings. The van der Waals surface area contributed by atoms with Crippen molar-refractivity contribution in [3.63, 3.8) is 0 Å². The Morgan fingerprint density at radius 2 is 2.00 bits per heavy atom. The van der Waals surface area contributed by atoms with Crippen molar-refractivity contribution in [3.05, 3.63) is 65.2 Å². The molecule has 2 aromatic rings. The lowest BCUT2D eigenvalue weighted by Crippen LogP contribution is -2.37. The van der Waals surface area contributed by atoms with E-state index in [1.165, 1.54) is 0 Å². The van der Waals surface area contributed by atoms with Gasteiger partial charge in [-0.2, -0.15) is 0 Å². The van der Waals surface area contributed by atoms with E-state index in [1.807, 2.05) is 37.3 Å². The molecule has 2 amide bonds. The molecule has 0 saturated carbocycles. The Kier molecular flexibility index (Phi) is 5.53. The van der Waals surface area contributed by atoms with Gasteiger partial charge in [-0.3, -0.25) is 14.8 Å². The van der Waals surface area contributed by atoms with E-state index in [-0.39, 0.29) is 11.8 Å². The molecular weight excluding hydrogens is 332 g/mol. The topological polar surface area (TPSA) is 78.9 Å². The maximum Gasteiger partial charge on any atom is 0.274 e. The highest BCUT2D eigenvalue weighted by molar-refractivity contribution is 5.93. The number of carbonyl (C=O) groups is 2. The molecule has 136 valence electrons. The molecule has 6 heteroatoms. The van der Waals surface area contributed by atoms with Crippen molar-refractivity contribution in [3.8, 4) is 5.75 Å². The van der Waals surface area contributed by atoms with E-state index in [4.69, 9.17) is 9.94 Å². The molecule has 0 bridgehead atoms. The number of carbonyl (C=O) groups excluding carboxylic acids is 2. The highest BCUT2D eigenvalue weighted by Crippen LogP contribution is 2.26. The average Bonchev–Trinajstić information content (AvgIpc) is 2.89. The zero-order chi connectivity index (χ0) is 18.5. The SMILES string of the molecule is CC(Cc1ccccc1)C(=O)N1CCOc2cc(C(=O)NO)ccc2C1. The maximum absolute atomic E-state index is 12.9. The van der Waals surface area contributed by atoms with Crippen LogP contribution in [0.15, 0.2) is 48.5 Å². The molecule has 1 unspecified atom stereocenters. The van der Waals surface area contributed by atoms with Crippen LogP contribution in [0.5, 0.6) is 5.75 Å². The standard InChI is InChI=1S/C20H22N2O4/c1-14(11-15-5-3-2-4-6-15)20(24)22-9-10-26-18-12-16(19(23)21-25)7-8-17(18)13-22/h2-8,12,14,25H,9-11,13H2,1H3,(H,21,23). The van der Waals surface area contributed by atoms with Gasteiger partial charge < -0.3 is 9.64 Å². The summed E-state index contributed by atoms with van der Waals surface area (Å²) in [6.45, 7) is 3.24. The van der Waals surface area contributed by atoms with Crippen LogP contribution in [-0.4, -0.2) is 35.1 Å². The summed E-state index contributed by atoms with van der Waals surface area (Å²) in [5.41, 5.74) is 3.90. The second-order valence-electron chi connectivity index (χ2n) is 6.46. The van der Waals surface area contributed by atoms with Crippen molar-refractivity contribution in [2.75, 3.05) is 13.2 Å². The number of ether oxygens (including phenoxy) is 1. The zero-order valence-electron chi connectivity index (χ0n) is 14.6. The Balaban J connectivity index is 1.72. The largest absolute Gasteiger partial charge is 0.491 e. The van der Waals surface area contributed by atoms with E-state index in [0.717, 1.165) is 11.1 Å². The van der Waals surface area contributed by atoms with Gasteiger partial charge in [0.25, 0.3) is 5.91 Å². The smallest absolute Gasteiger partial charge is 0.274 e. The lowest BCUT2D eigenvalue weighted by atomic mass is 9.99. The highest BCUT2D eigenvalue weighted by Gasteiger charge is 2.24. The molecule has 2 N–H and O–H groups in total. The van der Waals surface area contributed by atoms with Gasteiger partial charge in [0.15, 0.2) is 0 Å². The fraction of sp³-hybridized carbons (Fsp3) is 0.300. The molecule has 0 spiro atoms. The summed E-state index contributed by atoms with van der Waals surface area (Å²) in [6.07, 6.45) is 0.694. The normalized spacial score (nSPS) is 14.6. The van der Waals surface area contributed by atoms with E-state index < -0.39 is 5.91 Å². The Morgan fingerprint density at radius 1 is 1.23 bits per heavy atom. The third-order valence-corrected chi connectivity index (χ3v) is 4.53. The minimum Gasteiger partial charge on any atom is -0.491 e. The van der Waals surface area contributed by atoms with Crippen LogP contribution in [-0.2, 0) is 17.8 Å². The lowest BCUT2D eigenvalue weighted by molar-refractivity contribution is -0.135. The van der Waals surface area contributed by atoms with Gasteiger partial charge in [-0.15, -0.1) is 0 Å². The Morgan fingerprint density at radius 3 is 2.73 bits per heavy atom. The predicted octanol–water partition coefficient (Wildman–Crippen LogP) is 2.41. The Labute approximate surface area is 152 Å². The van der Waals surface area contributed by atoms with Crippen LogP contribution in [0.4, 0.5) is 0 Å². The van der Waals surface area contributed by atoms with E-state index in [1.54, 1.807) is 28.6 Å². The van der Waals surface area contributed by atoms with Crippen LogP contribution in [0.3, 0.4) is 0 Å². The fourth-order valence-corrected chi connectivity index (χ4v) is 3.13. The van der Waals surface area contributed by atoms with Crippen molar-refractivity contribution in [1.29, 1.82) is 0 Å². The zero-order valence-corrected chi connectivity index (χ0v) is 14.6. The van der Waals surface area contributed by atoms with Crippen molar-refractivity contribution in [2.45, 2.75) is 19.9 Å². The van der Waals surface area contributed by atoms with Gasteiger partial charge in [-0.25, -0.2) is 5.48 Å². The number of nitrogens with zero attached hydrogens (tertiary/aromatic N) is 1. The number of hydroxylamine groups is 1. The fourth-order valence-electron chi connectivity index (χ4n) is 3.13. The first-order valence-electron chi connectivity index (χ1n) is 8.61. The van der Waals surface area contributed by atoms with Crippen molar-refractivity contribution in [1.82, 2.24) is 10.4 Å². The molecular formula is C20H22N2O4. The number of benzene rings is 2. The van der Waals surface area contributed by atoms with Gasteiger partial charge in [0.1, 0.15) is 12.4 Å². The minimum atomic E-state index is -0.593. The maximum atomic E-state index is 12.9. The van der Waals surface area contributed by atoms with E-state index in [9.17, 15) is 9.59 Å². The van der Waals surface area contributed by atoms with Gasteiger partial charge >= 0.3 is 0 Å². The molecule has 6 nitrogen and oxygen atoms in total. The molecule has 26 heavy (non-hydrogen) atoms. The number of rotatable bonds is 4. The Bertz CT molecular complexity index is 792. The number of hydrogen-bond acceptors (Lipinski definition) is 4. The molecule has 0 radical (unpaired) electrons. The molecule has 0 aliphatic carbocycles. The minimum absolute atomic E-state index is 0.0856. The quantitative estimate of drug-likeness (QED) is 0.653. The predicted molar refractivity (Wildman–Crippen MR) is 95.9 cm³/mol. The summed E-state index contributed by atoms with van der Waals surface area (Å²) in [7, 11) is 0. The molecule has 0 saturated heterocycles. The van der Waals surface area contributed by atoms with Crippen molar-refractivity contribution in [2.24, 2.45) is 5.92 Å². The molecule has 0 aromatic heterocycles. The van der Waals surface area contributed by atoms with Gasteiger partial charge in [0.2, 0.25) is 5.91 Å². The summed E-state index contributed by atoms with van der Waals surface area (Å²) < 4.78 is 5.71. The van der Waals surface area contributed by atoms with E-state index in [2.05, 4.69) is 0 Å². The number of amides is 2. The lowest BCUT2D eigenvalue weighted by Gasteiger charge is -2.24. The first-order valence-corrected chi connectivity index (χ1v) is 8.61. The van der Waals surface area contributed by atoms with Gasteiger partial charge in [-0.05, 0) is 24.1 Å². The number of fused-ring (bicyclic) bond motifs is 1. The summed E-state index contributed by atoms with van der Waals surface area (Å²) in [4.78, 5) is 26.2. The van der Waals surface area contributed by atoms with Crippen LogP contribution in [0, 0.1) is 5.92 Å². The molecule has 1 aliphatic heterocycles. The highest BCUT2D eigenvalue weighted by atomic mass is 16.5. The third kappa shape index (κ3) is 4.03. The second-order valence-corrected chi connectivity index (χ2v) is 6.46. The summed E-state index contributed by atoms with van der Waals surface area (Å²) in [6, 6.07) is 14.9. The Hall–Kier alpha value is -2.86. The van der Waals surface area contributed by atoms with Gasteiger partial charge in [0, 0.05) is 23.6 Å². The molecule has 2 aromatic carbocycles. The first kappa shape index (κ1) is 17.9. The van der Waals surface area contributed by atoms with Crippen molar-refractivity contribution < 1.29 is 19.5 Å². The van der Waals surface area contributed by atoms with Gasteiger partial charge in [-0.1, -0.05) is 43.3 Å². The van der Waals surface area contributed by atoms with Gasteiger partial charge in [0.05, 0.1) is 6.54 Å². The monoisotopic (exact) mass is 354 g/mol. The van der Waals surface area contributed by atoms with Crippen LogP contribution in [0.1, 0.15) is 28.4 Å². The first-order chi connectivity index (χ1) is 12.6. The second kappa shape index (κ2) is 8.01. The molecule has 1 aliphatic rings. The van der Waals surface area contributed by atoms with Crippen LogP contribution in [0.2, 0.25) is 0 Å². The molecule has 3 rings (SSSR count). The van der Waals surface area contributed by atoms with Crippen LogP contribution < -0.4 is 10.2 Å². The summed E-state index contributed by atoms with van der Waals surface area (Å²) >= 11 is 0. The summed E-state index contributed by atoms with van der Waals surface area (Å²) in [5, 5.41) is 8.75. The van der Waals surface area contributed by atoms with Crippen molar-refractivity contribution >= 4 is 11.8 Å². The third-order valence-electron chi connectivity index (χ3n) is 4.53. The number of hydrogen-bond donors (Lipinski definition) is 2. The van der Waals surface area contributed by atoms with E-state index in [0.29, 0.717) is 37.4 Å².